The molecule has 1 aliphatic heterocycles. The molecule has 1 fully saturated rings. The molecular weight excluding hydrogens is 320 g/mol. The number of rotatable bonds is 3. The van der Waals surface area contributed by atoms with Gasteiger partial charge < -0.3 is 14.5 Å². The maximum absolute atomic E-state index is 12.8. The lowest BCUT2D eigenvalue weighted by molar-refractivity contribution is 0.0530. The number of piperazine rings is 1. The summed E-state index contributed by atoms with van der Waals surface area (Å²) in [6, 6.07) is 5.54. The van der Waals surface area contributed by atoms with Crippen LogP contribution in [0.4, 0.5) is 0 Å². The number of nitrogens with zero attached hydrogens (tertiary/aromatic N) is 4. The van der Waals surface area contributed by atoms with Crippen molar-refractivity contribution in [2.45, 2.75) is 6.92 Å². The average Bonchev–Trinajstić information content (AvgIpc) is 2.67. The monoisotopic (exact) mass is 340 g/mol. The molecule has 1 aromatic carbocycles. The van der Waals surface area contributed by atoms with Gasteiger partial charge in [0.15, 0.2) is 0 Å². The first-order valence-electron chi connectivity index (χ1n) is 8.09. The number of ether oxygens (including phenoxy) is 1. The molecule has 7 nitrogen and oxygen atoms in total. The summed E-state index contributed by atoms with van der Waals surface area (Å²) in [5, 5.41) is 0. The van der Waals surface area contributed by atoms with Gasteiger partial charge >= 0.3 is 0 Å². The van der Waals surface area contributed by atoms with Crippen LogP contribution in [-0.4, -0.2) is 64.9 Å². The second-order valence-corrected chi connectivity index (χ2v) is 5.88. The van der Waals surface area contributed by atoms with Gasteiger partial charge in [0.05, 0.1) is 18.9 Å². The van der Waals surface area contributed by atoms with Gasteiger partial charge in [-0.25, -0.2) is 4.98 Å². The molecule has 0 N–H and O–H groups in total. The average molecular weight is 340 g/mol. The van der Waals surface area contributed by atoms with Crippen LogP contribution in [0.3, 0.4) is 0 Å². The molecule has 2 heterocycles. The van der Waals surface area contributed by atoms with Crippen molar-refractivity contribution in [3.63, 3.8) is 0 Å². The zero-order chi connectivity index (χ0) is 17.8. The van der Waals surface area contributed by atoms with Gasteiger partial charge in [-0.05, 0) is 19.1 Å². The third-order valence-corrected chi connectivity index (χ3v) is 4.22. The Labute approximate surface area is 146 Å². The van der Waals surface area contributed by atoms with E-state index in [4.69, 9.17) is 4.74 Å². The summed E-state index contributed by atoms with van der Waals surface area (Å²) in [5.41, 5.74) is 1.87. The predicted octanol–water partition coefficient (Wildman–Crippen LogP) is 1.39. The van der Waals surface area contributed by atoms with Gasteiger partial charge in [-0.1, -0.05) is 11.6 Å². The molecule has 3 rings (SSSR count). The number of amides is 2. The van der Waals surface area contributed by atoms with Gasteiger partial charge in [-0.2, -0.15) is 0 Å². The van der Waals surface area contributed by atoms with Gasteiger partial charge in [0.25, 0.3) is 11.8 Å². The Morgan fingerprint density at radius 3 is 2.32 bits per heavy atom. The normalized spacial score (nSPS) is 14.3. The Hall–Kier alpha value is -2.96. The Morgan fingerprint density at radius 1 is 1.04 bits per heavy atom. The van der Waals surface area contributed by atoms with Gasteiger partial charge in [-0.3, -0.25) is 14.6 Å². The van der Waals surface area contributed by atoms with E-state index in [9.17, 15) is 9.59 Å². The van der Waals surface area contributed by atoms with Crippen LogP contribution in [0.15, 0.2) is 36.8 Å². The minimum atomic E-state index is -0.159. The largest absolute Gasteiger partial charge is 0.496 e. The second-order valence-electron chi connectivity index (χ2n) is 5.88. The molecule has 1 aliphatic rings. The number of aryl methyl sites for hydroxylation is 1. The van der Waals surface area contributed by atoms with E-state index in [1.165, 1.54) is 18.6 Å². The highest BCUT2D eigenvalue weighted by atomic mass is 16.5. The molecular formula is C18H20N4O3. The van der Waals surface area contributed by atoms with Crippen LogP contribution in [-0.2, 0) is 0 Å². The Bertz CT molecular complexity index is 771. The van der Waals surface area contributed by atoms with Crippen molar-refractivity contribution in [2.24, 2.45) is 0 Å². The van der Waals surface area contributed by atoms with E-state index in [0.29, 0.717) is 43.2 Å². The molecule has 7 heteroatoms. The number of aromatic nitrogens is 2. The number of carbonyl (C=O) groups is 2. The number of carbonyl (C=O) groups excluding carboxylic acids is 2. The molecule has 1 aromatic heterocycles. The van der Waals surface area contributed by atoms with Crippen LogP contribution in [0.25, 0.3) is 0 Å². The standard InChI is InChI=1S/C18H20N4O3/c1-13-3-4-16(25-2)14(11-13)17(23)21-7-9-22(10-8-21)18(24)15-12-19-5-6-20-15/h3-6,11-12H,7-10H2,1-2H3. The van der Waals surface area contributed by atoms with Crippen LogP contribution in [0.1, 0.15) is 26.4 Å². The summed E-state index contributed by atoms with van der Waals surface area (Å²) >= 11 is 0. The molecule has 0 radical (unpaired) electrons. The zero-order valence-electron chi connectivity index (χ0n) is 14.3. The first-order valence-corrected chi connectivity index (χ1v) is 8.09. The summed E-state index contributed by atoms with van der Waals surface area (Å²) in [7, 11) is 1.55. The van der Waals surface area contributed by atoms with E-state index in [2.05, 4.69) is 9.97 Å². The molecule has 130 valence electrons. The maximum Gasteiger partial charge on any atom is 0.274 e. The Morgan fingerprint density at radius 2 is 1.72 bits per heavy atom. The van der Waals surface area contributed by atoms with Crippen molar-refractivity contribution in [2.75, 3.05) is 33.3 Å². The fourth-order valence-corrected chi connectivity index (χ4v) is 2.84. The fourth-order valence-electron chi connectivity index (χ4n) is 2.84. The first-order chi connectivity index (χ1) is 12.1. The van der Waals surface area contributed by atoms with Crippen LogP contribution < -0.4 is 4.74 Å². The lowest BCUT2D eigenvalue weighted by Crippen LogP contribution is -2.50. The number of benzene rings is 1. The quantitative estimate of drug-likeness (QED) is 0.844. The summed E-state index contributed by atoms with van der Waals surface area (Å²) in [5.74, 6) is 0.328. The van der Waals surface area contributed by atoms with E-state index in [-0.39, 0.29) is 11.8 Å². The first kappa shape index (κ1) is 16.9. The highest BCUT2D eigenvalue weighted by Gasteiger charge is 2.27. The third kappa shape index (κ3) is 3.60. The molecule has 0 saturated carbocycles. The number of hydrogen-bond acceptors (Lipinski definition) is 5. The Kier molecular flexibility index (Phi) is 4.92. The van der Waals surface area contributed by atoms with Crippen LogP contribution >= 0.6 is 0 Å². The fraction of sp³-hybridized carbons (Fsp3) is 0.333. The predicted molar refractivity (Wildman–Crippen MR) is 91.6 cm³/mol. The number of methoxy groups -OCH3 is 1. The lowest BCUT2D eigenvalue weighted by atomic mass is 10.1. The van der Waals surface area contributed by atoms with Gasteiger partial charge in [0.2, 0.25) is 0 Å². The van der Waals surface area contributed by atoms with Crippen molar-refractivity contribution in [1.29, 1.82) is 0 Å². The SMILES string of the molecule is COc1ccc(C)cc1C(=O)N1CCN(C(=O)c2cnccn2)CC1. The molecule has 2 amide bonds. The van der Waals surface area contributed by atoms with Crippen LogP contribution in [0, 0.1) is 6.92 Å². The van der Waals surface area contributed by atoms with E-state index in [1.54, 1.807) is 23.0 Å². The van der Waals surface area contributed by atoms with E-state index in [0.717, 1.165) is 5.56 Å². The van der Waals surface area contributed by atoms with Gasteiger partial charge in [0, 0.05) is 38.6 Å². The smallest absolute Gasteiger partial charge is 0.274 e. The van der Waals surface area contributed by atoms with Crippen molar-refractivity contribution >= 4 is 11.8 Å². The van der Waals surface area contributed by atoms with Crippen LogP contribution in [0.5, 0.6) is 5.75 Å². The van der Waals surface area contributed by atoms with E-state index in [1.807, 2.05) is 19.1 Å². The maximum atomic E-state index is 12.8. The molecule has 2 aromatic rings. The molecule has 0 unspecified atom stereocenters. The Balaban J connectivity index is 1.67. The van der Waals surface area contributed by atoms with Crippen molar-refractivity contribution in [3.05, 3.63) is 53.6 Å². The van der Waals surface area contributed by atoms with E-state index < -0.39 is 0 Å². The topological polar surface area (TPSA) is 75.6 Å². The minimum Gasteiger partial charge on any atom is -0.496 e. The third-order valence-electron chi connectivity index (χ3n) is 4.22. The summed E-state index contributed by atoms with van der Waals surface area (Å²) in [4.78, 5) is 36.6. The minimum absolute atomic E-state index is 0.0767. The molecule has 0 atom stereocenters. The molecule has 0 bridgehead atoms. The van der Waals surface area contributed by atoms with Crippen molar-refractivity contribution in [1.82, 2.24) is 19.8 Å². The van der Waals surface area contributed by atoms with Crippen molar-refractivity contribution in [3.8, 4) is 5.75 Å². The van der Waals surface area contributed by atoms with Gasteiger partial charge in [0.1, 0.15) is 11.4 Å². The molecule has 0 aliphatic carbocycles. The van der Waals surface area contributed by atoms with Crippen LogP contribution in [0.2, 0.25) is 0 Å². The summed E-state index contributed by atoms with van der Waals surface area (Å²) < 4.78 is 5.30. The summed E-state index contributed by atoms with van der Waals surface area (Å²) in [6.45, 7) is 3.82. The highest BCUT2D eigenvalue weighted by Crippen LogP contribution is 2.22. The highest BCUT2D eigenvalue weighted by molar-refractivity contribution is 5.97. The second kappa shape index (κ2) is 7.29. The summed E-state index contributed by atoms with van der Waals surface area (Å²) in [6.07, 6.45) is 4.48. The van der Waals surface area contributed by atoms with Gasteiger partial charge in [-0.15, -0.1) is 0 Å². The number of hydrogen-bond donors (Lipinski definition) is 0. The lowest BCUT2D eigenvalue weighted by Gasteiger charge is -2.34. The molecule has 1 saturated heterocycles. The molecule has 0 spiro atoms. The molecule has 25 heavy (non-hydrogen) atoms. The van der Waals surface area contributed by atoms with E-state index >= 15 is 0 Å². The zero-order valence-corrected chi connectivity index (χ0v) is 14.3. The van der Waals surface area contributed by atoms with Crippen molar-refractivity contribution < 1.29 is 14.3 Å².